The summed E-state index contributed by atoms with van der Waals surface area (Å²) in [7, 11) is 0. The Morgan fingerprint density at radius 3 is 2.76 bits per heavy atom. The number of hydrogen-bond acceptors (Lipinski definition) is 9. The van der Waals surface area contributed by atoms with Crippen LogP contribution in [0.15, 0.2) is 40.4 Å². The van der Waals surface area contributed by atoms with E-state index < -0.39 is 17.2 Å². The van der Waals surface area contributed by atoms with Gasteiger partial charge in [-0.15, -0.1) is 0 Å². The third kappa shape index (κ3) is 5.15. The van der Waals surface area contributed by atoms with Gasteiger partial charge in [-0.2, -0.15) is 5.10 Å². The van der Waals surface area contributed by atoms with E-state index in [1.807, 2.05) is 13.0 Å². The van der Waals surface area contributed by atoms with Gasteiger partial charge in [0.05, 0.1) is 6.61 Å². The molecule has 13 heteroatoms. The highest BCUT2D eigenvalue weighted by molar-refractivity contribution is 7.98. The maximum absolute atomic E-state index is 14.0. The van der Waals surface area contributed by atoms with Crippen molar-refractivity contribution < 1.29 is 13.9 Å². The predicted molar refractivity (Wildman–Crippen MR) is 125 cm³/mol. The average Bonchev–Trinajstić information content (AvgIpc) is 3.23. The van der Waals surface area contributed by atoms with E-state index in [-0.39, 0.29) is 58.6 Å². The molecule has 3 heterocycles. The molecule has 0 fully saturated rings. The minimum absolute atomic E-state index is 0.0490. The van der Waals surface area contributed by atoms with Crippen molar-refractivity contribution in [3.8, 4) is 0 Å². The van der Waals surface area contributed by atoms with Gasteiger partial charge in [-0.25, -0.2) is 23.7 Å². The molecular formula is C21H22F2N8O2S. The molecule has 0 amide bonds. The summed E-state index contributed by atoms with van der Waals surface area (Å²) in [5.74, 6) is -1.46. The maximum atomic E-state index is 14.0. The van der Waals surface area contributed by atoms with E-state index in [1.54, 1.807) is 17.8 Å². The lowest BCUT2D eigenvalue weighted by molar-refractivity contribution is 0.281. The number of fused-ring (bicyclic) bond motifs is 1. The summed E-state index contributed by atoms with van der Waals surface area (Å²) < 4.78 is 29.2. The number of thioether (sulfide) groups is 1. The number of H-pyrrole nitrogens is 1. The molecule has 0 aliphatic heterocycles. The predicted octanol–water partition coefficient (Wildman–Crippen LogP) is 2.65. The highest BCUT2D eigenvalue weighted by Crippen LogP contribution is 2.26. The van der Waals surface area contributed by atoms with E-state index in [0.717, 1.165) is 23.5 Å². The van der Waals surface area contributed by atoms with Gasteiger partial charge in [-0.3, -0.25) is 9.48 Å². The molecule has 0 bridgehead atoms. The second-order valence-electron chi connectivity index (χ2n) is 7.50. The number of benzene rings is 1. The average molecular weight is 489 g/mol. The van der Waals surface area contributed by atoms with Gasteiger partial charge in [0.1, 0.15) is 6.67 Å². The highest BCUT2D eigenvalue weighted by atomic mass is 32.2. The van der Waals surface area contributed by atoms with Crippen LogP contribution >= 0.6 is 11.8 Å². The first-order chi connectivity index (χ1) is 16.4. The topological polar surface area (TPSA) is 134 Å². The van der Waals surface area contributed by atoms with Gasteiger partial charge in [0.25, 0.3) is 5.56 Å². The van der Waals surface area contributed by atoms with Crippen LogP contribution < -0.4 is 16.2 Å². The van der Waals surface area contributed by atoms with Gasteiger partial charge < -0.3 is 20.7 Å². The fourth-order valence-electron chi connectivity index (χ4n) is 3.04. The van der Waals surface area contributed by atoms with Crippen molar-refractivity contribution in [1.29, 1.82) is 0 Å². The van der Waals surface area contributed by atoms with E-state index in [1.165, 1.54) is 12.1 Å². The summed E-state index contributed by atoms with van der Waals surface area (Å²) >= 11 is 1.07. The zero-order valence-corrected chi connectivity index (χ0v) is 19.2. The van der Waals surface area contributed by atoms with E-state index in [9.17, 15) is 18.7 Å². The Morgan fingerprint density at radius 2 is 2.03 bits per heavy atom. The van der Waals surface area contributed by atoms with Crippen molar-refractivity contribution >= 4 is 34.6 Å². The minimum atomic E-state index is -0.935. The number of aryl methyl sites for hydroxylation is 1. The fraction of sp³-hybridized carbons (Fsp3) is 0.286. The molecule has 4 rings (SSSR count). The van der Waals surface area contributed by atoms with Crippen LogP contribution in [-0.2, 0) is 12.4 Å². The lowest BCUT2D eigenvalue weighted by Gasteiger charge is -2.15. The molecule has 0 saturated carbocycles. The van der Waals surface area contributed by atoms with E-state index in [4.69, 9.17) is 0 Å². The van der Waals surface area contributed by atoms with Crippen LogP contribution in [0.3, 0.4) is 0 Å². The number of aliphatic hydroxyl groups is 1. The monoisotopic (exact) mass is 488 g/mol. The standard InChI is InChI=1S/C21H22F2N8O2S/c1-11(8-32)26-17-16-18(28-20(33)19(27-16)24-10-31-12(2)6-7-25-31)30-21(29-17)34-9-13-4-3-5-14(22)15(13)23/h3-7,11,32H,8-10H2,1-2H3,(H,24,27)(H2,26,28,29,30,33). The Morgan fingerprint density at radius 1 is 1.21 bits per heavy atom. The molecule has 1 atom stereocenters. The third-order valence-corrected chi connectivity index (χ3v) is 5.80. The van der Waals surface area contributed by atoms with E-state index >= 15 is 0 Å². The minimum Gasteiger partial charge on any atom is -0.394 e. The number of nitrogens with zero attached hydrogens (tertiary/aromatic N) is 5. The Balaban J connectivity index is 1.66. The Hall–Kier alpha value is -3.58. The van der Waals surface area contributed by atoms with Gasteiger partial charge in [0.15, 0.2) is 39.6 Å². The summed E-state index contributed by atoms with van der Waals surface area (Å²) in [6.45, 7) is 3.68. The maximum Gasteiger partial charge on any atom is 0.292 e. The number of aliphatic hydroxyl groups excluding tert-OH is 1. The largest absolute Gasteiger partial charge is 0.394 e. The molecule has 0 aliphatic rings. The van der Waals surface area contributed by atoms with Crippen LogP contribution in [0.1, 0.15) is 18.2 Å². The Bertz CT molecular complexity index is 1380. The molecule has 0 spiro atoms. The summed E-state index contributed by atoms with van der Waals surface area (Å²) in [5, 5.41) is 19.8. The number of hydrogen-bond donors (Lipinski definition) is 4. The molecule has 178 valence electrons. The SMILES string of the molecule is Cc1ccnn1CNc1nc2c(NC(C)CO)nc(SCc3cccc(F)c3F)nc2[nH]c1=O. The Kier molecular flexibility index (Phi) is 7.03. The molecule has 34 heavy (non-hydrogen) atoms. The molecule has 3 aromatic heterocycles. The van der Waals surface area contributed by atoms with Gasteiger partial charge >= 0.3 is 0 Å². The zero-order chi connectivity index (χ0) is 24.2. The first-order valence-corrected chi connectivity index (χ1v) is 11.3. The molecule has 0 radical (unpaired) electrons. The first-order valence-electron chi connectivity index (χ1n) is 10.3. The second-order valence-corrected chi connectivity index (χ2v) is 8.45. The normalized spacial score (nSPS) is 12.1. The molecule has 4 aromatic rings. The molecule has 10 nitrogen and oxygen atoms in total. The number of anilines is 2. The number of nitrogens with one attached hydrogen (secondary N) is 3. The van der Waals surface area contributed by atoms with Gasteiger partial charge in [-0.1, -0.05) is 23.9 Å². The molecule has 1 unspecified atom stereocenters. The summed E-state index contributed by atoms with van der Waals surface area (Å²) in [6.07, 6.45) is 1.65. The van der Waals surface area contributed by atoms with E-state index in [2.05, 4.69) is 35.7 Å². The molecule has 0 aliphatic carbocycles. The zero-order valence-electron chi connectivity index (χ0n) is 18.3. The number of aromatic nitrogens is 6. The second kappa shape index (κ2) is 10.1. The lowest BCUT2D eigenvalue weighted by atomic mass is 10.2. The van der Waals surface area contributed by atoms with Gasteiger partial charge in [0.2, 0.25) is 0 Å². The number of aromatic amines is 1. The first kappa shape index (κ1) is 23.6. The quantitative estimate of drug-likeness (QED) is 0.207. The van der Waals surface area contributed by atoms with Crippen LogP contribution in [0, 0.1) is 18.6 Å². The summed E-state index contributed by atoms with van der Waals surface area (Å²) in [6, 6.07) is 5.41. The van der Waals surface area contributed by atoms with Crippen molar-refractivity contribution in [3.05, 3.63) is 63.7 Å². The molecule has 0 saturated heterocycles. The van der Waals surface area contributed by atoms with Gasteiger partial charge in [0, 0.05) is 29.2 Å². The van der Waals surface area contributed by atoms with Crippen LogP contribution in [0.2, 0.25) is 0 Å². The Labute approximate surface area is 196 Å². The van der Waals surface area contributed by atoms with Crippen LogP contribution in [0.5, 0.6) is 0 Å². The summed E-state index contributed by atoms with van der Waals surface area (Å²) in [5.41, 5.74) is 1.01. The highest BCUT2D eigenvalue weighted by Gasteiger charge is 2.16. The number of rotatable bonds is 9. The number of halogens is 2. The van der Waals surface area contributed by atoms with Gasteiger partial charge in [-0.05, 0) is 26.0 Å². The van der Waals surface area contributed by atoms with Crippen molar-refractivity contribution in [2.24, 2.45) is 0 Å². The molecule has 4 N–H and O–H groups in total. The third-order valence-electron chi connectivity index (χ3n) is 4.90. The molecule has 1 aromatic carbocycles. The van der Waals surface area contributed by atoms with Crippen molar-refractivity contribution in [2.45, 2.75) is 37.5 Å². The summed E-state index contributed by atoms with van der Waals surface area (Å²) in [4.78, 5) is 28.5. The lowest BCUT2D eigenvalue weighted by Crippen LogP contribution is -2.23. The fourth-order valence-corrected chi connectivity index (χ4v) is 3.86. The van der Waals surface area contributed by atoms with Crippen molar-refractivity contribution in [3.63, 3.8) is 0 Å². The van der Waals surface area contributed by atoms with E-state index in [0.29, 0.717) is 0 Å². The van der Waals surface area contributed by atoms with Crippen LogP contribution in [-0.4, -0.2) is 47.5 Å². The molecular weight excluding hydrogens is 466 g/mol. The van der Waals surface area contributed by atoms with Crippen molar-refractivity contribution in [2.75, 3.05) is 17.2 Å². The van der Waals surface area contributed by atoms with Crippen molar-refractivity contribution in [1.82, 2.24) is 29.7 Å². The van der Waals surface area contributed by atoms with Crippen LogP contribution in [0.4, 0.5) is 20.4 Å². The smallest absolute Gasteiger partial charge is 0.292 e. The van der Waals surface area contributed by atoms with Crippen LogP contribution in [0.25, 0.3) is 11.2 Å².